The van der Waals surface area contributed by atoms with Crippen LogP contribution >= 0.6 is 0 Å². The largest absolute Gasteiger partial charge is 0.507 e. The summed E-state index contributed by atoms with van der Waals surface area (Å²) in [7, 11) is 0. The van der Waals surface area contributed by atoms with Gasteiger partial charge in [-0.25, -0.2) is 4.79 Å². The fourth-order valence-corrected chi connectivity index (χ4v) is 2.50. The Labute approximate surface area is 144 Å². The summed E-state index contributed by atoms with van der Waals surface area (Å²) < 4.78 is 0. The molecule has 0 saturated carbocycles. The van der Waals surface area contributed by atoms with E-state index in [1.165, 1.54) is 24.3 Å². The van der Waals surface area contributed by atoms with E-state index >= 15 is 0 Å². The van der Waals surface area contributed by atoms with E-state index in [1.807, 2.05) is 30.3 Å². The zero-order chi connectivity index (χ0) is 17.8. The third-order valence-electron chi connectivity index (χ3n) is 3.71. The van der Waals surface area contributed by atoms with Crippen molar-refractivity contribution in [3.05, 3.63) is 89.5 Å². The minimum Gasteiger partial charge on any atom is -0.507 e. The van der Waals surface area contributed by atoms with Gasteiger partial charge in [-0.1, -0.05) is 36.4 Å². The number of aromatic hydroxyl groups is 1. The summed E-state index contributed by atoms with van der Waals surface area (Å²) in [5.74, 6) is -1.95. The monoisotopic (exact) mass is 333 g/mol. The summed E-state index contributed by atoms with van der Waals surface area (Å²) in [5, 5.41) is 22.6. The molecule has 0 radical (unpaired) electrons. The zero-order valence-corrected chi connectivity index (χ0v) is 13.1. The molecule has 0 fully saturated rings. The number of benzene rings is 3. The molecule has 0 aliphatic rings. The number of carboxylic acids is 1. The molecule has 0 saturated heterocycles. The zero-order valence-electron chi connectivity index (χ0n) is 13.1. The molecule has 0 spiro atoms. The molecule has 0 amide bonds. The highest BCUT2D eigenvalue weighted by Gasteiger charge is 2.20. The number of carbonyl (C=O) groups is 2. The highest BCUT2D eigenvalue weighted by molar-refractivity contribution is 6.15. The minimum atomic E-state index is -1.19. The van der Waals surface area contributed by atoms with Crippen LogP contribution in [-0.4, -0.2) is 22.0 Å². The summed E-state index contributed by atoms with van der Waals surface area (Å²) in [6.45, 7) is 0. The van der Waals surface area contributed by atoms with Crippen LogP contribution in [0.5, 0.6) is 5.75 Å². The fraction of sp³-hybridized carbons (Fsp3) is 0. The summed E-state index contributed by atoms with van der Waals surface area (Å²) in [5.41, 5.74) is 1.45. The molecule has 0 bridgehead atoms. The average Bonchev–Trinajstić information content (AvgIpc) is 2.62. The normalized spacial score (nSPS) is 10.2. The van der Waals surface area contributed by atoms with Crippen LogP contribution in [0, 0.1) is 0 Å². The van der Waals surface area contributed by atoms with Gasteiger partial charge in [-0.05, 0) is 30.3 Å². The molecule has 0 aliphatic heterocycles. The number of aromatic carboxylic acids is 1. The Bertz CT molecular complexity index is 935. The molecule has 0 aliphatic carbocycles. The number of carboxylic acid groups (broad SMARTS) is 1. The molecule has 3 aromatic carbocycles. The van der Waals surface area contributed by atoms with E-state index in [2.05, 4.69) is 5.32 Å². The molecular weight excluding hydrogens is 318 g/mol. The summed E-state index contributed by atoms with van der Waals surface area (Å²) in [6.07, 6.45) is 0. The van der Waals surface area contributed by atoms with Gasteiger partial charge >= 0.3 is 5.97 Å². The van der Waals surface area contributed by atoms with Gasteiger partial charge in [0.25, 0.3) is 0 Å². The Balaban J connectivity index is 1.91. The lowest BCUT2D eigenvalue weighted by Crippen LogP contribution is -2.09. The maximum atomic E-state index is 12.6. The second-order valence-corrected chi connectivity index (χ2v) is 5.40. The predicted molar refractivity (Wildman–Crippen MR) is 94.7 cm³/mol. The number of ketones is 1. The third kappa shape index (κ3) is 3.50. The maximum Gasteiger partial charge on any atom is 0.336 e. The van der Waals surface area contributed by atoms with E-state index in [1.54, 1.807) is 18.2 Å². The van der Waals surface area contributed by atoms with Crippen LogP contribution in [0.2, 0.25) is 0 Å². The molecule has 5 heteroatoms. The molecule has 124 valence electrons. The van der Waals surface area contributed by atoms with Crippen molar-refractivity contribution in [1.29, 1.82) is 0 Å². The number of phenols is 1. The Kier molecular flexibility index (Phi) is 4.48. The lowest BCUT2D eigenvalue weighted by molar-refractivity contribution is 0.0692. The quantitative estimate of drug-likeness (QED) is 0.613. The SMILES string of the molecule is O=C(O)c1ccccc1C(=O)c1ccc(Nc2ccccc2)cc1O. The highest BCUT2D eigenvalue weighted by Crippen LogP contribution is 2.27. The minimum absolute atomic E-state index is 0.0362. The summed E-state index contributed by atoms with van der Waals surface area (Å²) in [4.78, 5) is 23.9. The van der Waals surface area contributed by atoms with Crippen molar-refractivity contribution in [2.24, 2.45) is 0 Å². The number of phenolic OH excluding ortho intramolecular Hbond substituents is 1. The van der Waals surface area contributed by atoms with Crippen molar-refractivity contribution >= 4 is 23.1 Å². The van der Waals surface area contributed by atoms with Gasteiger partial charge in [0.1, 0.15) is 5.75 Å². The van der Waals surface area contributed by atoms with Crippen molar-refractivity contribution < 1.29 is 19.8 Å². The molecule has 0 heterocycles. The van der Waals surface area contributed by atoms with Crippen LogP contribution in [0.4, 0.5) is 11.4 Å². The molecular formula is C20H15NO4. The number of carbonyl (C=O) groups excluding carboxylic acids is 1. The molecule has 3 N–H and O–H groups in total. The summed E-state index contributed by atoms with van der Waals surface area (Å²) >= 11 is 0. The van der Waals surface area contributed by atoms with Crippen molar-refractivity contribution in [2.45, 2.75) is 0 Å². The van der Waals surface area contributed by atoms with E-state index in [0.29, 0.717) is 5.69 Å². The van der Waals surface area contributed by atoms with Crippen molar-refractivity contribution in [3.63, 3.8) is 0 Å². The smallest absolute Gasteiger partial charge is 0.336 e. The number of hydrogen-bond acceptors (Lipinski definition) is 4. The second kappa shape index (κ2) is 6.88. The number of anilines is 2. The van der Waals surface area contributed by atoms with Crippen LogP contribution in [-0.2, 0) is 0 Å². The van der Waals surface area contributed by atoms with Crippen LogP contribution in [0.1, 0.15) is 26.3 Å². The first-order valence-corrected chi connectivity index (χ1v) is 7.58. The van der Waals surface area contributed by atoms with E-state index in [9.17, 15) is 19.8 Å². The van der Waals surface area contributed by atoms with Crippen LogP contribution < -0.4 is 5.32 Å². The van der Waals surface area contributed by atoms with E-state index in [-0.39, 0.29) is 22.4 Å². The van der Waals surface area contributed by atoms with Crippen molar-refractivity contribution in [1.82, 2.24) is 0 Å². The maximum absolute atomic E-state index is 12.6. The third-order valence-corrected chi connectivity index (χ3v) is 3.71. The summed E-state index contributed by atoms with van der Waals surface area (Å²) in [6, 6.07) is 19.9. The van der Waals surface area contributed by atoms with Gasteiger partial charge in [0.05, 0.1) is 11.1 Å². The number of nitrogens with one attached hydrogen (secondary N) is 1. The van der Waals surface area contributed by atoms with E-state index in [4.69, 9.17) is 0 Å². The lowest BCUT2D eigenvalue weighted by atomic mass is 9.97. The van der Waals surface area contributed by atoms with Gasteiger partial charge in [-0.3, -0.25) is 4.79 Å². The Morgan fingerprint density at radius 2 is 1.36 bits per heavy atom. The standard InChI is InChI=1S/C20H15NO4/c22-18-12-14(21-13-6-2-1-3-7-13)10-11-17(18)19(23)15-8-4-5-9-16(15)20(24)25/h1-12,21-22H,(H,24,25). The topological polar surface area (TPSA) is 86.6 Å². The molecule has 3 aromatic rings. The number of para-hydroxylation sites is 1. The van der Waals surface area contributed by atoms with Crippen LogP contribution in [0.3, 0.4) is 0 Å². The molecule has 3 rings (SSSR count). The molecule has 0 unspecified atom stereocenters. The van der Waals surface area contributed by atoms with Gasteiger partial charge in [0.15, 0.2) is 5.78 Å². The second-order valence-electron chi connectivity index (χ2n) is 5.40. The van der Waals surface area contributed by atoms with Crippen molar-refractivity contribution in [2.75, 3.05) is 5.32 Å². The first kappa shape index (κ1) is 16.3. The molecule has 5 nitrogen and oxygen atoms in total. The highest BCUT2D eigenvalue weighted by atomic mass is 16.4. The fourth-order valence-electron chi connectivity index (χ4n) is 2.50. The van der Waals surface area contributed by atoms with Gasteiger partial charge in [0, 0.05) is 23.0 Å². The van der Waals surface area contributed by atoms with Crippen molar-refractivity contribution in [3.8, 4) is 5.75 Å². The average molecular weight is 333 g/mol. The predicted octanol–water partition coefficient (Wildman–Crippen LogP) is 4.07. The lowest BCUT2D eigenvalue weighted by Gasteiger charge is -2.10. The van der Waals surface area contributed by atoms with Gasteiger partial charge in [-0.2, -0.15) is 0 Å². The van der Waals surface area contributed by atoms with Gasteiger partial charge in [0.2, 0.25) is 0 Å². The number of rotatable bonds is 5. The van der Waals surface area contributed by atoms with Gasteiger partial charge in [-0.15, -0.1) is 0 Å². The first-order chi connectivity index (χ1) is 12.1. The Morgan fingerprint density at radius 1 is 0.720 bits per heavy atom. The van der Waals surface area contributed by atoms with Crippen LogP contribution in [0.25, 0.3) is 0 Å². The Morgan fingerprint density at radius 3 is 2.00 bits per heavy atom. The first-order valence-electron chi connectivity index (χ1n) is 7.58. The molecule has 0 aromatic heterocycles. The number of hydrogen-bond donors (Lipinski definition) is 3. The van der Waals surface area contributed by atoms with E-state index in [0.717, 1.165) is 5.69 Å². The van der Waals surface area contributed by atoms with Crippen LogP contribution in [0.15, 0.2) is 72.8 Å². The molecule has 25 heavy (non-hydrogen) atoms. The Hall–Kier alpha value is -3.60. The molecule has 0 atom stereocenters. The van der Waals surface area contributed by atoms with Gasteiger partial charge < -0.3 is 15.5 Å². The van der Waals surface area contributed by atoms with E-state index < -0.39 is 11.8 Å².